The molecular formula is C18H18O4. The number of hydrogen-bond acceptors (Lipinski definition) is 3. The summed E-state index contributed by atoms with van der Waals surface area (Å²) < 4.78 is 12.7. The van der Waals surface area contributed by atoms with Crippen LogP contribution in [0.2, 0.25) is 0 Å². The van der Waals surface area contributed by atoms with Gasteiger partial charge in [0.25, 0.3) is 0 Å². The zero-order valence-corrected chi connectivity index (χ0v) is 12.1. The molecule has 1 N–H and O–H groups in total. The van der Waals surface area contributed by atoms with Gasteiger partial charge < -0.3 is 9.84 Å². The molecule has 0 amide bonds. The molecule has 0 unspecified atom stereocenters. The summed E-state index contributed by atoms with van der Waals surface area (Å²) >= 11 is 0. The molecule has 2 rings (SSSR count). The summed E-state index contributed by atoms with van der Waals surface area (Å²) in [6.07, 6.45) is -0.375. The zero-order valence-electron chi connectivity index (χ0n) is 13.1. The minimum Gasteiger partial charge on any atom is -0.481 e. The quantitative estimate of drug-likeness (QED) is 0.828. The summed E-state index contributed by atoms with van der Waals surface area (Å²) in [6, 6.07) is 15.4. The maximum atomic E-state index is 11.5. The molecule has 0 saturated heterocycles. The van der Waals surface area contributed by atoms with E-state index in [-0.39, 0.29) is 26.3 Å². The average molecular weight is 299 g/mol. The number of carboxylic acid groups (broad SMARTS) is 1. The molecule has 2 aromatic carbocycles. The van der Waals surface area contributed by atoms with E-state index >= 15 is 0 Å². The fraction of sp³-hybridized carbons (Fsp3) is 0.222. The van der Waals surface area contributed by atoms with Gasteiger partial charge in [-0.15, -0.1) is 0 Å². The topological polar surface area (TPSA) is 63.6 Å². The van der Waals surface area contributed by atoms with Crippen molar-refractivity contribution in [2.75, 3.05) is 0 Å². The first-order valence-corrected chi connectivity index (χ1v) is 6.93. The van der Waals surface area contributed by atoms with Gasteiger partial charge in [-0.1, -0.05) is 48.0 Å². The normalized spacial score (nSPS) is 10.8. The van der Waals surface area contributed by atoms with Gasteiger partial charge in [0.2, 0.25) is 0 Å². The minimum atomic E-state index is -1.02. The monoisotopic (exact) mass is 299 g/mol. The fourth-order valence-electron chi connectivity index (χ4n) is 2.09. The number of carbonyl (C=O) groups excluding carboxylic acids is 1. The van der Waals surface area contributed by atoms with Crippen molar-refractivity contribution in [3.8, 4) is 11.1 Å². The van der Waals surface area contributed by atoms with Crippen molar-refractivity contribution in [2.24, 2.45) is 0 Å². The third-order valence-corrected chi connectivity index (χ3v) is 3.10. The van der Waals surface area contributed by atoms with Crippen LogP contribution in [0.25, 0.3) is 11.1 Å². The number of rotatable bonds is 6. The molecule has 0 radical (unpaired) electrons. The van der Waals surface area contributed by atoms with E-state index in [1.807, 2.05) is 48.5 Å². The average Bonchev–Trinajstić information content (AvgIpc) is 2.58. The lowest BCUT2D eigenvalue weighted by Gasteiger charge is -2.09. The van der Waals surface area contributed by atoms with Crippen molar-refractivity contribution in [2.45, 2.75) is 26.3 Å². The molecule has 4 nitrogen and oxygen atoms in total. The number of aliphatic carboxylic acids is 1. The first-order valence-electron chi connectivity index (χ1n) is 7.64. The highest BCUT2D eigenvalue weighted by Gasteiger charge is 2.08. The Hall–Kier alpha value is -2.62. The Morgan fingerprint density at radius 2 is 1.86 bits per heavy atom. The molecule has 0 spiro atoms. The maximum absolute atomic E-state index is 11.5. The number of carboxylic acids is 1. The van der Waals surface area contributed by atoms with Crippen LogP contribution in [0.4, 0.5) is 0 Å². The summed E-state index contributed by atoms with van der Waals surface area (Å²) in [5.74, 6) is -1.56. The van der Waals surface area contributed by atoms with Gasteiger partial charge in [0.1, 0.15) is 6.61 Å². The summed E-state index contributed by atoms with van der Waals surface area (Å²) in [7, 11) is 0. The zero-order chi connectivity index (χ0) is 16.7. The van der Waals surface area contributed by atoms with E-state index in [9.17, 15) is 9.59 Å². The second-order valence-corrected chi connectivity index (χ2v) is 4.96. The molecule has 0 aliphatic carbocycles. The van der Waals surface area contributed by atoms with E-state index in [0.717, 1.165) is 22.3 Å². The molecule has 114 valence electrons. The number of benzene rings is 2. The second kappa shape index (κ2) is 7.41. The Morgan fingerprint density at radius 1 is 1.09 bits per heavy atom. The van der Waals surface area contributed by atoms with Crippen LogP contribution < -0.4 is 0 Å². The molecule has 0 aliphatic heterocycles. The van der Waals surface area contributed by atoms with E-state index in [2.05, 4.69) is 0 Å². The van der Waals surface area contributed by atoms with Gasteiger partial charge in [0.05, 0.1) is 12.8 Å². The minimum absolute atomic E-state index is 0.0755. The van der Waals surface area contributed by atoms with Gasteiger partial charge >= 0.3 is 11.9 Å². The van der Waals surface area contributed by atoms with Gasteiger partial charge in [-0.25, -0.2) is 0 Å². The van der Waals surface area contributed by atoms with Gasteiger partial charge in [0.15, 0.2) is 0 Å². The van der Waals surface area contributed by atoms with Crippen molar-refractivity contribution in [3.05, 3.63) is 59.7 Å². The maximum Gasteiger partial charge on any atom is 0.306 e. The number of hydrogen-bond donors (Lipinski definition) is 1. The Morgan fingerprint density at radius 3 is 2.55 bits per heavy atom. The van der Waals surface area contributed by atoms with Gasteiger partial charge in [-0.05, 0) is 29.7 Å². The third-order valence-electron chi connectivity index (χ3n) is 3.10. The molecule has 0 aliphatic rings. The molecule has 0 fully saturated rings. The number of carbonyl (C=O) groups is 2. The molecular weight excluding hydrogens is 280 g/mol. The van der Waals surface area contributed by atoms with E-state index in [1.165, 1.54) is 0 Å². The van der Waals surface area contributed by atoms with Crippen LogP contribution in [0.15, 0.2) is 48.5 Å². The molecule has 0 aromatic heterocycles. The lowest BCUT2D eigenvalue weighted by atomic mass is 10.0. The van der Waals surface area contributed by atoms with Crippen molar-refractivity contribution in [1.29, 1.82) is 0 Å². The van der Waals surface area contributed by atoms with E-state index < -0.39 is 11.9 Å². The first-order chi connectivity index (χ1) is 11.1. The SMILES string of the molecule is [2H]Cc1cc(COC(=O)CCC(=O)O)cc(-c2ccccc2)c1. The molecule has 2 aromatic rings. The van der Waals surface area contributed by atoms with Crippen LogP contribution in [0.5, 0.6) is 0 Å². The van der Waals surface area contributed by atoms with Crippen molar-refractivity contribution in [3.63, 3.8) is 0 Å². The van der Waals surface area contributed by atoms with Crippen LogP contribution in [0, 0.1) is 6.90 Å². The second-order valence-electron chi connectivity index (χ2n) is 4.96. The molecule has 0 saturated carbocycles. The standard InChI is InChI=1S/C18H18O4/c1-13-9-14(12-22-18(21)8-7-17(19)20)11-16(10-13)15-5-3-2-4-6-15/h2-6,9-11H,7-8,12H2,1H3,(H,19,20)/i1D. The summed E-state index contributed by atoms with van der Waals surface area (Å²) in [4.78, 5) is 21.9. The Balaban J connectivity index is 2.10. The fourth-order valence-corrected chi connectivity index (χ4v) is 2.09. The number of esters is 1. The van der Waals surface area contributed by atoms with E-state index in [1.54, 1.807) is 0 Å². The van der Waals surface area contributed by atoms with Crippen molar-refractivity contribution >= 4 is 11.9 Å². The largest absolute Gasteiger partial charge is 0.481 e. The Kier molecular flexibility index (Phi) is 4.82. The summed E-state index contributed by atoms with van der Waals surface area (Å²) in [6.45, 7) is 0.215. The summed E-state index contributed by atoms with van der Waals surface area (Å²) in [5.41, 5.74) is 3.62. The van der Waals surface area contributed by atoms with Gasteiger partial charge in [0, 0.05) is 1.37 Å². The highest BCUT2D eigenvalue weighted by molar-refractivity contribution is 5.76. The lowest BCUT2D eigenvalue weighted by molar-refractivity contribution is -0.148. The van der Waals surface area contributed by atoms with Crippen LogP contribution in [-0.4, -0.2) is 17.0 Å². The Bertz CT molecular complexity index is 683. The van der Waals surface area contributed by atoms with Gasteiger partial charge in [-0.3, -0.25) is 9.59 Å². The highest BCUT2D eigenvalue weighted by Crippen LogP contribution is 2.22. The summed E-state index contributed by atoms with van der Waals surface area (Å²) in [5, 5.41) is 8.55. The van der Waals surface area contributed by atoms with Gasteiger partial charge in [-0.2, -0.15) is 0 Å². The molecule has 22 heavy (non-hydrogen) atoms. The third kappa shape index (κ3) is 4.74. The van der Waals surface area contributed by atoms with Crippen LogP contribution in [0.3, 0.4) is 0 Å². The molecule has 0 atom stereocenters. The van der Waals surface area contributed by atoms with Crippen LogP contribution >= 0.6 is 0 Å². The predicted molar refractivity (Wildman–Crippen MR) is 83.3 cm³/mol. The van der Waals surface area contributed by atoms with E-state index in [0.29, 0.717) is 0 Å². The molecule has 4 heteroatoms. The van der Waals surface area contributed by atoms with Crippen molar-refractivity contribution < 1.29 is 20.8 Å². The first kappa shape index (κ1) is 14.3. The van der Waals surface area contributed by atoms with Crippen LogP contribution in [-0.2, 0) is 20.9 Å². The number of ether oxygens (including phenoxy) is 1. The van der Waals surface area contributed by atoms with Crippen molar-refractivity contribution in [1.82, 2.24) is 0 Å². The van der Waals surface area contributed by atoms with Crippen LogP contribution in [0.1, 0.15) is 25.3 Å². The predicted octanol–water partition coefficient (Wildman–Crippen LogP) is 3.57. The van der Waals surface area contributed by atoms with E-state index in [4.69, 9.17) is 11.2 Å². The number of aryl methyl sites for hydroxylation is 1. The smallest absolute Gasteiger partial charge is 0.306 e. The molecule has 0 bridgehead atoms. The molecule has 0 heterocycles. The Labute approximate surface area is 130 Å². The lowest BCUT2D eigenvalue weighted by Crippen LogP contribution is -2.07. The highest BCUT2D eigenvalue weighted by atomic mass is 16.5.